The number of carbonyl (C=O) groups is 1. The van der Waals surface area contributed by atoms with E-state index in [-0.39, 0.29) is 24.7 Å². The van der Waals surface area contributed by atoms with Gasteiger partial charge in [0.1, 0.15) is 0 Å². The molecular formula is C15H23ClF2N2O3S. The molecule has 1 aromatic carbocycles. The lowest BCUT2D eigenvalue weighted by molar-refractivity contribution is -0.120. The Morgan fingerprint density at radius 2 is 1.71 bits per heavy atom. The van der Waals surface area contributed by atoms with Crippen LogP contribution in [0.2, 0.25) is 0 Å². The molecule has 0 aromatic heterocycles. The fourth-order valence-corrected chi connectivity index (χ4v) is 2.64. The summed E-state index contributed by atoms with van der Waals surface area (Å²) in [4.78, 5) is 11.4. The van der Waals surface area contributed by atoms with E-state index in [2.05, 4.69) is 5.32 Å². The Kier molecular flexibility index (Phi) is 8.81. The molecule has 1 amide bonds. The summed E-state index contributed by atoms with van der Waals surface area (Å²) in [5, 5.41) is 2.73. The minimum atomic E-state index is -4.61. The number of hydrogen-bond acceptors (Lipinski definition) is 4. The SMILES string of the molecule is CCC(N)(CC)CNC(=O)Cc1ccc(S(=O)(=O)C(F)F)cc1.Cl. The van der Waals surface area contributed by atoms with Crippen molar-refractivity contribution in [1.82, 2.24) is 5.32 Å². The molecule has 0 spiro atoms. The smallest absolute Gasteiger partial charge is 0.341 e. The summed E-state index contributed by atoms with van der Waals surface area (Å²) < 4.78 is 47.5. The van der Waals surface area contributed by atoms with E-state index in [1.165, 1.54) is 12.1 Å². The third kappa shape index (κ3) is 5.99. The van der Waals surface area contributed by atoms with Crippen molar-refractivity contribution in [3.63, 3.8) is 0 Å². The van der Waals surface area contributed by atoms with Gasteiger partial charge in [-0.05, 0) is 30.5 Å². The summed E-state index contributed by atoms with van der Waals surface area (Å²) in [5.74, 6) is -3.72. The highest BCUT2D eigenvalue weighted by Crippen LogP contribution is 2.18. The van der Waals surface area contributed by atoms with Gasteiger partial charge in [0.2, 0.25) is 15.7 Å². The lowest BCUT2D eigenvalue weighted by Crippen LogP contribution is -2.49. The van der Waals surface area contributed by atoms with E-state index in [4.69, 9.17) is 5.73 Å². The molecule has 5 nitrogen and oxygen atoms in total. The Balaban J connectivity index is 0.00000529. The van der Waals surface area contributed by atoms with E-state index in [0.717, 1.165) is 25.0 Å². The van der Waals surface area contributed by atoms with Crippen molar-refractivity contribution in [1.29, 1.82) is 0 Å². The van der Waals surface area contributed by atoms with Crippen LogP contribution in [0.5, 0.6) is 0 Å². The Bertz CT molecular complexity index is 633. The first-order chi connectivity index (χ1) is 10.6. The predicted octanol–water partition coefficient (Wildman–Crippen LogP) is 2.28. The van der Waals surface area contributed by atoms with E-state index < -0.39 is 26.0 Å². The number of carbonyl (C=O) groups excluding carboxylic acids is 1. The summed E-state index contributed by atoms with van der Waals surface area (Å²) in [5.41, 5.74) is 6.16. The fraction of sp³-hybridized carbons (Fsp3) is 0.533. The van der Waals surface area contributed by atoms with Crippen molar-refractivity contribution >= 4 is 28.2 Å². The molecule has 24 heavy (non-hydrogen) atoms. The molecule has 0 aliphatic heterocycles. The fourth-order valence-electron chi connectivity index (χ4n) is 1.92. The number of amides is 1. The maximum Gasteiger partial charge on any atom is 0.341 e. The molecule has 3 N–H and O–H groups in total. The van der Waals surface area contributed by atoms with Gasteiger partial charge in [0.25, 0.3) is 0 Å². The first-order valence-corrected chi connectivity index (χ1v) is 8.86. The molecule has 0 saturated heterocycles. The van der Waals surface area contributed by atoms with E-state index in [1.807, 2.05) is 13.8 Å². The molecule has 1 rings (SSSR count). The largest absolute Gasteiger partial charge is 0.354 e. The zero-order valence-electron chi connectivity index (χ0n) is 13.6. The van der Waals surface area contributed by atoms with Crippen molar-refractivity contribution in [3.8, 4) is 0 Å². The minimum absolute atomic E-state index is 0. The first-order valence-electron chi connectivity index (χ1n) is 7.31. The number of sulfone groups is 1. The lowest BCUT2D eigenvalue weighted by Gasteiger charge is -2.26. The molecule has 1 aromatic rings. The molecule has 0 aliphatic rings. The molecule has 0 saturated carbocycles. The summed E-state index contributed by atoms with van der Waals surface area (Å²) >= 11 is 0. The monoisotopic (exact) mass is 384 g/mol. The van der Waals surface area contributed by atoms with Crippen LogP contribution in [-0.2, 0) is 21.1 Å². The van der Waals surface area contributed by atoms with Gasteiger partial charge in [0.05, 0.1) is 11.3 Å². The third-order valence-electron chi connectivity index (χ3n) is 3.90. The van der Waals surface area contributed by atoms with Gasteiger partial charge in [-0.3, -0.25) is 4.79 Å². The van der Waals surface area contributed by atoms with Crippen LogP contribution in [-0.4, -0.2) is 32.2 Å². The van der Waals surface area contributed by atoms with Gasteiger partial charge in [-0.25, -0.2) is 8.42 Å². The Morgan fingerprint density at radius 3 is 2.12 bits per heavy atom. The van der Waals surface area contributed by atoms with Gasteiger partial charge < -0.3 is 11.1 Å². The maximum atomic E-state index is 12.4. The Hall–Kier alpha value is -1.25. The predicted molar refractivity (Wildman–Crippen MR) is 91.1 cm³/mol. The number of halogens is 3. The highest BCUT2D eigenvalue weighted by molar-refractivity contribution is 7.91. The van der Waals surface area contributed by atoms with Crippen LogP contribution in [0.4, 0.5) is 8.78 Å². The zero-order valence-corrected chi connectivity index (χ0v) is 15.2. The number of nitrogens with two attached hydrogens (primary N) is 1. The molecule has 0 radical (unpaired) electrons. The molecule has 9 heteroatoms. The van der Waals surface area contributed by atoms with Crippen LogP contribution in [0, 0.1) is 0 Å². The molecule has 0 heterocycles. The molecule has 0 aliphatic carbocycles. The van der Waals surface area contributed by atoms with Gasteiger partial charge in [-0.1, -0.05) is 26.0 Å². The molecule has 0 fully saturated rings. The summed E-state index contributed by atoms with van der Waals surface area (Å²) in [7, 11) is -4.61. The minimum Gasteiger partial charge on any atom is -0.354 e. The number of benzene rings is 1. The second kappa shape index (κ2) is 9.29. The normalized spacial score (nSPS) is 11.9. The summed E-state index contributed by atoms with van der Waals surface area (Å²) in [6.45, 7) is 4.23. The van der Waals surface area contributed by atoms with Crippen molar-refractivity contribution in [3.05, 3.63) is 29.8 Å². The van der Waals surface area contributed by atoms with Crippen molar-refractivity contribution in [2.75, 3.05) is 6.54 Å². The van der Waals surface area contributed by atoms with Crippen molar-refractivity contribution in [2.45, 2.75) is 49.3 Å². The maximum absolute atomic E-state index is 12.4. The van der Waals surface area contributed by atoms with Gasteiger partial charge in [-0.15, -0.1) is 12.4 Å². The average Bonchev–Trinajstić information content (AvgIpc) is 2.53. The Labute approximate surface area is 147 Å². The second-order valence-corrected chi connectivity index (χ2v) is 7.39. The first kappa shape index (κ1) is 22.8. The van der Waals surface area contributed by atoms with Crippen molar-refractivity contribution in [2.24, 2.45) is 5.73 Å². The van der Waals surface area contributed by atoms with Gasteiger partial charge in [-0.2, -0.15) is 8.78 Å². The zero-order chi connectivity index (χ0) is 17.7. The number of rotatable bonds is 8. The summed E-state index contributed by atoms with van der Waals surface area (Å²) in [6, 6.07) is 4.86. The highest BCUT2D eigenvalue weighted by Gasteiger charge is 2.26. The lowest BCUT2D eigenvalue weighted by atomic mass is 9.94. The van der Waals surface area contributed by atoms with Crippen LogP contribution in [0.25, 0.3) is 0 Å². The highest BCUT2D eigenvalue weighted by atomic mass is 35.5. The summed E-state index contributed by atoms with van der Waals surface area (Å²) in [6.07, 6.45) is 1.48. The van der Waals surface area contributed by atoms with E-state index in [0.29, 0.717) is 12.1 Å². The Morgan fingerprint density at radius 1 is 1.21 bits per heavy atom. The van der Waals surface area contributed by atoms with E-state index >= 15 is 0 Å². The number of alkyl halides is 2. The van der Waals surface area contributed by atoms with Crippen LogP contribution in [0.3, 0.4) is 0 Å². The van der Waals surface area contributed by atoms with Crippen LogP contribution in [0.15, 0.2) is 29.2 Å². The number of hydrogen-bond donors (Lipinski definition) is 2. The third-order valence-corrected chi connectivity index (χ3v) is 5.30. The van der Waals surface area contributed by atoms with Crippen molar-refractivity contribution < 1.29 is 22.0 Å². The molecule has 0 atom stereocenters. The average molecular weight is 385 g/mol. The second-order valence-electron chi connectivity index (χ2n) is 5.47. The van der Waals surface area contributed by atoms with Crippen LogP contribution in [0.1, 0.15) is 32.3 Å². The molecule has 0 bridgehead atoms. The van der Waals surface area contributed by atoms with E-state index in [1.54, 1.807) is 0 Å². The topological polar surface area (TPSA) is 89.3 Å². The van der Waals surface area contributed by atoms with E-state index in [9.17, 15) is 22.0 Å². The quantitative estimate of drug-likeness (QED) is 0.719. The van der Waals surface area contributed by atoms with Gasteiger partial charge >= 0.3 is 5.76 Å². The van der Waals surface area contributed by atoms with Crippen LogP contribution >= 0.6 is 12.4 Å². The molecule has 138 valence electrons. The van der Waals surface area contributed by atoms with Gasteiger partial charge in [0, 0.05) is 12.1 Å². The molecular weight excluding hydrogens is 362 g/mol. The van der Waals surface area contributed by atoms with Crippen LogP contribution < -0.4 is 11.1 Å². The van der Waals surface area contributed by atoms with Gasteiger partial charge in [0.15, 0.2) is 0 Å². The number of nitrogens with one attached hydrogen (secondary N) is 1. The molecule has 0 unspecified atom stereocenters. The standard InChI is InChI=1S/C15H22F2N2O3S.ClH/c1-3-15(18,4-2)10-19-13(20)9-11-5-7-12(8-6-11)23(21,22)14(16)17;/h5-8,14H,3-4,9-10,18H2,1-2H3,(H,19,20);1H.